The van der Waals surface area contributed by atoms with Gasteiger partial charge in [0.2, 0.25) is 0 Å². The third-order valence-electron chi connectivity index (χ3n) is 4.56. The van der Waals surface area contributed by atoms with E-state index in [4.69, 9.17) is 10.3 Å². The third-order valence-corrected chi connectivity index (χ3v) is 4.56. The van der Waals surface area contributed by atoms with Crippen LogP contribution in [0.15, 0.2) is 49.8 Å². The second kappa shape index (κ2) is 6.19. The zero-order valence-corrected chi connectivity index (χ0v) is 13.5. The summed E-state index contributed by atoms with van der Waals surface area (Å²) in [7, 11) is 0. The fourth-order valence-corrected chi connectivity index (χ4v) is 3.23. The van der Waals surface area contributed by atoms with Crippen LogP contribution >= 0.6 is 0 Å². The fraction of sp³-hybridized carbons (Fsp3) is 0.389. The van der Waals surface area contributed by atoms with Gasteiger partial charge in [-0.25, -0.2) is 4.99 Å². The molecule has 2 aliphatic heterocycles. The number of rotatable bonds is 2. The number of hydrogen-bond acceptors (Lipinski definition) is 5. The minimum Gasteiger partial charge on any atom is -0.461 e. The van der Waals surface area contributed by atoms with Crippen LogP contribution in [0.3, 0.4) is 0 Å². The van der Waals surface area contributed by atoms with Gasteiger partial charge < -0.3 is 4.42 Å². The number of nitrogens with zero attached hydrogens (tertiary/aromatic N) is 4. The van der Waals surface area contributed by atoms with Crippen molar-refractivity contribution in [3.05, 3.63) is 36.1 Å². The summed E-state index contributed by atoms with van der Waals surface area (Å²) in [5.74, 6) is 15.0. The van der Waals surface area contributed by atoms with Crippen molar-refractivity contribution < 1.29 is 9.12 Å². The van der Waals surface area contributed by atoms with Crippen molar-refractivity contribution in [1.82, 2.24) is 0 Å². The standard InChI is InChI=1S/C18H20N5O/c19-23-13-15(9-4-8-14-6-2-1-3-7-14)20-12-17(23)21-18(22-23)16-10-5-11-24-16/h5,10-14H,1-3,6-8,19H2/q+1. The van der Waals surface area contributed by atoms with Crippen molar-refractivity contribution in [2.45, 2.75) is 38.5 Å². The van der Waals surface area contributed by atoms with Crippen molar-refractivity contribution in [2.24, 2.45) is 26.8 Å². The molecule has 3 aliphatic rings. The average molecular weight is 322 g/mol. The molecule has 1 fully saturated rings. The van der Waals surface area contributed by atoms with Gasteiger partial charge in [-0.15, -0.1) is 5.84 Å². The molecule has 1 aromatic heterocycles. The first-order chi connectivity index (χ1) is 11.7. The molecule has 1 saturated carbocycles. The molecular weight excluding hydrogens is 302 g/mol. The number of hydrogen-bond donors (Lipinski definition) is 1. The van der Waals surface area contributed by atoms with Gasteiger partial charge in [0, 0.05) is 6.42 Å². The Kier molecular flexibility index (Phi) is 3.89. The number of quaternary nitrogens is 1. The predicted molar refractivity (Wildman–Crippen MR) is 92.7 cm³/mol. The summed E-state index contributed by atoms with van der Waals surface area (Å²) in [6.45, 7) is 0. The third kappa shape index (κ3) is 2.96. The van der Waals surface area contributed by atoms with Gasteiger partial charge in [-0.2, -0.15) is 4.99 Å². The highest BCUT2D eigenvalue weighted by Crippen LogP contribution is 2.26. The van der Waals surface area contributed by atoms with Crippen molar-refractivity contribution in [3.8, 4) is 11.8 Å². The summed E-state index contributed by atoms with van der Waals surface area (Å²) in [5.41, 5.74) is 0.636. The molecule has 1 aliphatic carbocycles. The zero-order chi connectivity index (χ0) is 16.4. The lowest BCUT2D eigenvalue weighted by Gasteiger charge is -2.19. The molecule has 4 rings (SSSR count). The number of furan rings is 1. The molecular formula is C18H20N5O+. The molecule has 0 bridgehead atoms. The molecule has 0 radical (unpaired) electrons. The van der Waals surface area contributed by atoms with Gasteiger partial charge >= 0.3 is 0 Å². The Morgan fingerprint density at radius 3 is 2.96 bits per heavy atom. The maximum absolute atomic E-state index is 6.31. The van der Waals surface area contributed by atoms with Crippen LogP contribution in [0.2, 0.25) is 0 Å². The van der Waals surface area contributed by atoms with E-state index in [0.717, 1.165) is 12.3 Å². The highest BCUT2D eigenvalue weighted by atomic mass is 16.3. The van der Waals surface area contributed by atoms with Crippen molar-refractivity contribution in [2.75, 3.05) is 0 Å². The number of allylic oxidation sites excluding steroid dienone is 1. The topological polar surface area (TPSA) is 76.2 Å². The van der Waals surface area contributed by atoms with E-state index in [0.29, 0.717) is 23.1 Å². The second-order valence-electron chi connectivity index (χ2n) is 6.39. The Balaban J connectivity index is 1.50. The van der Waals surface area contributed by atoms with E-state index < -0.39 is 0 Å². The number of fused-ring (bicyclic) bond motifs is 1. The van der Waals surface area contributed by atoms with E-state index in [1.807, 2.05) is 0 Å². The normalized spacial score (nSPS) is 26.1. The molecule has 1 unspecified atom stereocenters. The molecule has 24 heavy (non-hydrogen) atoms. The molecule has 0 amide bonds. The molecule has 1 atom stereocenters. The van der Waals surface area contributed by atoms with Crippen LogP contribution in [0, 0.1) is 17.8 Å². The van der Waals surface area contributed by atoms with Gasteiger partial charge in [0.1, 0.15) is 6.21 Å². The van der Waals surface area contributed by atoms with Gasteiger partial charge in [-0.3, -0.25) is 0 Å². The minimum atomic E-state index is -0.257. The van der Waals surface area contributed by atoms with Crippen LogP contribution in [-0.4, -0.2) is 22.6 Å². The van der Waals surface area contributed by atoms with Crippen LogP contribution in [0.4, 0.5) is 0 Å². The van der Waals surface area contributed by atoms with Crippen molar-refractivity contribution >= 4 is 17.9 Å². The Bertz CT molecular complexity index is 800. The summed E-state index contributed by atoms with van der Waals surface area (Å²) in [6, 6.07) is 3.60. The van der Waals surface area contributed by atoms with Crippen LogP contribution in [0.1, 0.15) is 44.3 Å². The maximum atomic E-state index is 6.31. The first-order valence-corrected chi connectivity index (χ1v) is 8.39. The monoisotopic (exact) mass is 322 g/mol. The maximum Gasteiger partial charge on any atom is 0.300 e. The lowest BCUT2D eigenvalue weighted by atomic mass is 9.87. The Morgan fingerprint density at radius 1 is 1.29 bits per heavy atom. The summed E-state index contributed by atoms with van der Waals surface area (Å²) in [5, 5.41) is 4.43. The Morgan fingerprint density at radius 2 is 2.17 bits per heavy atom. The summed E-state index contributed by atoms with van der Waals surface area (Å²) >= 11 is 0. The van der Waals surface area contributed by atoms with Crippen LogP contribution < -0.4 is 5.84 Å². The van der Waals surface area contributed by atoms with Gasteiger partial charge in [-0.05, 0) is 46.6 Å². The quantitative estimate of drug-likeness (QED) is 0.516. The van der Waals surface area contributed by atoms with E-state index in [-0.39, 0.29) is 4.70 Å². The Hall–Kier alpha value is -2.49. The summed E-state index contributed by atoms with van der Waals surface area (Å²) in [4.78, 5) is 8.74. The fourth-order valence-electron chi connectivity index (χ4n) is 3.23. The molecule has 6 heteroatoms. The van der Waals surface area contributed by atoms with Crippen LogP contribution in [0.25, 0.3) is 0 Å². The zero-order valence-electron chi connectivity index (χ0n) is 13.5. The molecule has 0 aromatic carbocycles. The predicted octanol–water partition coefficient (Wildman–Crippen LogP) is 2.94. The SMILES string of the molecule is N[N+]12C=C(C#CCC3CCCCC3)N=CC1=NC(c1ccco1)=N2. The lowest BCUT2D eigenvalue weighted by Crippen LogP contribution is -2.50. The molecule has 2 N–H and O–H groups in total. The van der Waals surface area contributed by atoms with Crippen molar-refractivity contribution in [1.29, 1.82) is 0 Å². The highest BCUT2D eigenvalue weighted by Gasteiger charge is 2.39. The van der Waals surface area contributed by atoms with E-state index in [9.17, 15) is 0 Å². The first kappa shape index (κ1) is 15.1. The van der Waals surface area contributed by atoms with Gasteiger partial charge in [0.05, 0.1) is 6.26 Å². The van der Waals surface area contributed by atoms with E-state index in [2.05, 4.69) is 26.9 Å². The largest absolute Gasteiger partial charge is 0.461 e. The van der Waals surface area contributed by atoms with Gasteiger partial charge in [0.25, 0.3) is 11.7 Å². The molecule has 0 saturated heterocycles. The van der Waals surface area contributed by atoms with Gasteiger partial charge in [0.15, 0.2) is 17.7 Å². The smallest absolute Gasteiger partial charge is 0.300 e. The molecule has 6 nitrogen and oxygen atoms in total. The molecule has 1 aromatic rings. The van der Waals surface area contributed by atoms with Gasteiger partial charge in [-0.1, -0.05) is 25.2 Å². The van der Waals surface area contributed by atoms with E-state index in [1.165, 1.54) is 32.1 Å². The number of aliphatic imine (C=N–C) groups is 2. The Labute approximate surface area is 141 Å². The van der Waals surface area contributed by atoms with Crippen LogP contribution in [0.5, 0.6) is 0 Å². The summed E-state index contributed by atoms with van der Waals surface area (Å²) in [6.07, 6.45) is 12.5. The number of nitrogens with two attached hydrogens (primary N) is 1. The summed E-state index contributed by atoms with van der Waals surface area (Å²) < 4.78 is 5.07. The lowest BCUT2D eigenvalue weighted by molar-refractivity contribution is -0.803. The first-order valence-electron chi connectivity index (χ1n) is 8.39. The van der Waals surface area contributed by atoms with Crippen LogP contribution in [-0.2, 0) is 0 Å². The second-order valence-corrected chi connectivity index (χ2v) is 6.39. The highest BCUT2D eigenvalue weighted by molar-refractivity contribution is 6.31. The average Bonchev–Trinajstić information content (AvgIpc) is 3.22. The van der Waals surface area contributed by atoms with E-state index in [1.54, 1.807) is 30.8 Å². The molecule has 3 heterocycles. The number of amidine groups is 2. The molecule has 0 spiro atoms. The van der Waals surface area contributed by atoms with E-state index >= 15 is 0 Å². The minimum absolute atomic E-state index is 0.257. The molecule has 122 valence electrons. The van der Waals surface area contributed by atoms with Crippen molar-refractivity contribution in [3.63, 3.8) is 0 Å².